The van der Waals surface area contributed by atoms with Crippen molar-refractivity contribution in [1.82, 2.24) is 15.0 Å². The molecule has 3 aromatic heterocycles. The fourth-order valence-corrected chi connectivity index (χ4v) is 5.87. The first-order valence-corrected chi connectivity index (χ1v) is 14.7. The minimum atomic E-state index is -3.60. The summed E-state index contributed by atoms with van der Waals surface area (Å²) >= 11 is 0. The Morgan fingerprint density at radius 1 is 1.08 bits per heavy atom. The second kappa shape index (κ2) is 10.8. The Morgan fingerprint density at radius 2 is 1.85 bits per heavy atom. The average molecular weight is 553 g/mol. The molecule has 12 heteroatoms. The molecule has 0 bridgehead atoms. The molecule has 0 spiro atoms. The number of nitrogens with zero attached hydrogens (tertiary/aromatic N) is 4. The van der Waals surface area contributed by atoms with Crippen molar-refractivity contribution in [1.29, 1.82) is 0 Å². The molecular weight excluding hydrogens is 520 g/mol. The number of amides is 1. The molecule has 5 heterocycles. The highest BCUT2D eigenvalue weighted by Crippen LogP contribution is 2.36. The SMILES string of the molecule is CC(=O)Nc1cc(Nc2cc3c(c(S(C)(=O)=O)n2)CCCO3)c(-c2ccc(N3CC(C)OC(C)C3)cn2)cn1. The maximum absolute atomic E-state index is 12.6. The van der Waals surface area contributed by atoms with Crippen LogP contribution in [-0.2, 0) is 25.8 Å². The molecule has 2 unspecified atom stereocenters. The number of carbonyl (C=O) groups excluding carboxylic acids is 1. The van der Waals surface area contributed by atoms with Gasteiger partial charge in [-0.15, -0.1) is 0 Å². The number of pyridine rings is 3. The van der Waals surface area contributed by atoms with Crippen LogP contribution in [0.25, 0.3) is 11.3 Å². The number of rotatable bonds is 6. The first kappa shape index (κ1) is 26.8. The minimum absolute atomic E-state index is 0.00339. The van der Waals surface area contributed by atoms with Gasteiger partial charge >= 0.3 is 0 Å². The Bertz CT molecular complexity index is 1490. The molecule has 2 atom stereocenters. The number of hydrogen-bond donors (Lipinski definition) is 2. The van der Waals surface area contributed by atoms with Gasteiger partial charge in [0.05, 0.1) is 42.1 Å². The number of fused-ring (bicyclic) bond motifs is 1. The number of anilines is 4. The predicted molar refractivity (Wildman–Crippen MR) is 148 cm³/mol. The topological polar surface area (TPSA) is 136 Å². The van der Waals surface area contributed by atoms with Crippen molar-refractivity contribution in [2.24, 2.45) is 0 Å². The van der Waals surface area contributed by atoms with Crippen LogP contribution in [-0.4, -0.2) is 67.4 Å². The van der Waals surface area contributed by atoms with Crippen LogP contribution in [0, 0.1) is 0 Å². The van der Waals surface area contributed by atoms with E-state index in [9.17, 15) is 13.2 Å². The van der Waals surface area contributed by atoms with E-state index in [1.165, 1.54) is 6.92 Å². The Kier molecular flexibility index (Phi) is 7.41. The smallest absolute Gasteiger partial charge is 0.222 e. The molecule has 3 aromatic rings. The highest BCUT2D eigenvalue weighted by atomic mass is 32.2. The lowest BCUT2D eigenvalue weighted by molar-refractivity contribution is -0.114. The van der Waals surface area contributed by atoms with Gasteiger partial charge in [-0.3, -0.25) is 9.78 Å². The van der Waals surface area contributed by atoms with Gasteiger partial charge in [0.2, 0.25) is 5.91 Å². The summed E-state index contributed by atoms with van der Waals surface area (Å²) in [6.45, 7) is 7.57. The van der Waals surface area contributed by atoms with Gasteiger partial charge in [-0.25, -0.2) is 18.4 Å². The van der Waals surface area contributed by atoms with Crippen molar-refractivity contribution < 1.29 is 22.7 Å². The average Bonchev–Trinajstić information content (AvgIpc) is 2.87. The standard InChI is InChI=1S/C27H32N6O5S/c1-16-14-33(15-17(2)38-16)19-7-8-22(28-12-19)21-13-29-25(30-18(3)34)10-23(21)31-26-11-24-20(6-5-9-37-24)27(32-26)39(4,35)36/h7-8,10-13,16-17H,5-6,9,14-15H2,1-4H3,(H2,29,30,31,32,34). The van der Waals surface area contributed by atoms with Crippen LogP contribution < -0.4 is 20.3 Å². The van der Waals surface area contributed by atoms with Gasteiger partial charge in [0.25, 0.3) is 0 Å². The first-order valence-electron chi connectivity index (χ1n) is 12.8. The van der Waals surface area contributed by atoms with Crippen molar-refractivity contribution in [3.8, 4) is 17.0 Å². The number of sulfone groups is 1. The highest BCUT2D eigenvalue weighted by Gasteiger charge is 2.25. The summed E-state index contributed by atoms with van der Waals surface area (Å²) in [7, 11) is -3.60. The predicted octanol–water partition coefficient (Wildman–Crippen LogP) is 3.58. The molecule has 11 nitrogen and oxygen atoms in total. The fraction of sp³-hybridized carbons (Fsp3) is 0.407. The largest absolute Gasteiger partial charge is 0.493 e. The molecule has 0 aromatic carbocycles. The fourth-order valence-electron chi connectivity index (χ4n) is 4.96. The molecule has 2 N–H and O–H groups in total. The molecule has 1 amide bonds. The van der Waals surface area contributed by atoms with Crippen molar-refractivity contribution in [3.63, 3.8) is 0 Å². The molecule has 1 fully saturated rings. The second-order valence-electron chi connectivity index (χ2n) is 10.00. The van der Waals surface area contributed by atoms with Crippen molar-refractivity contribution in [2.45, 2.75) is 50.8 Å². The van der Waals surface area contributed by atoms with Crippen LogP contribution in [0.1, 0.15) is 32.8 Å². The number of aromatic nitrogens is 3. The van der Waals surface area contributed by atoms with E-state index < -0.39 is 9.84 Å². The lowest BCUT2D eigenvalue weighted by atomic mass is 10.1. The number of ether oxygens (including phenoxy) is 2. The lowest BCUT2D eigenvalue weighted by Gasteiger charge is -2.36. The van der Waals surface area contributed by atoms with E-state index in [2.05, 4.69) is 39.3 Å². The number of carbonyl (C=O) groups is 1. The van der Waals surface area contributed by atoms with Gasteiger partial charge in [0, 0.05) is 55.7 Å². The third-order valence-corrected chi connectivity index (χ3v) is 7.54. The molecule has 206 valence electrons. The van der Waals surface area contributed by atoms with Gasteiger partial charge < -0.3 is 25.0 Å². The summed E-state index contributed by atoms with van der Waals surface area (Å²) in [5, 5.41) is 5.91. The molecule has 2 aliphatic rings. The zero-order valence-corrected chi connectivity index (χ0v) is 23.2. The summed E-state index contributed by atoms with van der Waals surface area (Å²) in [4.78, 5) is 27.5. The van der Waals surface area contributed by atoms with Crippen LogP contribution in [0.4, 0.5) is 23.0 Å². The quantitative estimate of drug-likeness (QED) is 0.467. The molecule has 0 aliphatic carbocycles. The van der Waals surface area contributed by atoms with Gasteiger partial charge in [-0.1, -0.05) is 0 Å². The van der Waals surface area contributed by atoms with Gasteiger partial charge in [-0.2, -0.15) is 0 Å². The van der Waals surface area contributed by atoms with Gasteiger partial charge in [0.15, 0.2) is 14.9 Å². The summed E-state index contributed by atoms with van der Waals surface area (Å²) in [6, 6.07) is 7.28. The van der Waals surface area contributed by atoms with Crippen molar-refractivity contribution in [2.75, 3.05) is 41.5 Å². The summed E-state index contributed by atoms with van der Waals surface area (Å²) in [5.74, 6) is 0.857. The monoisotopic (exact) mass is 552 g/mol. The summed E-state index contributed by atoms with van der Waals surface area (Å²) in [6.07, 6.45) is 6.12. The zero-order chi connectivity index (χ0) is 27.7. The number of hydrogen-bond acceptors (Lipinski definition) is 10. The summed E-state index contributed by atoms with van der Waals surface area (Å²) in [5.41, 5.74) is 3.43. The van der Waals surface area contributed by atoms with E-state index in [0.29, 0.717) is 52.9 Å². The van der Waals surface area contributed by atoms with Crippen LogP contribution in [0.15, 0.2) is 41.7 Å². The normalized spacial score (nSPS) is 19.1. The van der Waals surface area contributed by atoms with E-state index in [-0.39, 0.29) is 23.1 Å². The molecule has 0 saturated carbocycles. The van der Waals surface area contributed by atoms with E-state index in [0.717, 1.165) is 31.5 Å². The van der Waals surface area contributed by atoms with E-state index in [1.807, 2.05) is 18.3 Å². The Labute approximate surface area is 227 Å². The summed E-state index contributed by atoms with van der Waals surface area (Å²) < 4.78 is 36.7. The van der Waals surface area contributed by atoms with Gasteiger partial charge in [0.1, 0.15) is 17.4 Å². The number of nitrogens with one attached hydrogen (secondary N) is 2. The van der Waals surface area contributed by atoms with Crippen LogP contribution >= 0.6 is 0 Å². The van der Waals surface area contributed by atoms with E-state index >= 15 is 0 Å². The van der Waals surface area contributed by atoms with Gasteiger partial charge in [-0.05, 0) is 38.8 Å². The molecule has 2 aliphatic heterocycles. The Balaban J connectivity index is 1.52. The maximum atomic E-state index is 12.6. The molecule has 1 saturated heterocycles. The minimum Gasteiger partial charge on any atom is -0.493 e. The highest BCUT2D eigenvalue weighted by molar-refractivity contribution is 7.90. The Morgan fingerprint density at radius 3 is 2.51 bits per heavy atom. The lowest BCUT2D eigenvalue weighted by Crippen LogP contribution is -2.45. The molecular formula is C27H32N6O5S. The molecule has 5 rings (SSSR count). The molecule has 0 radical (unpaired) electrons. The third kappa shape index (κ3) is 6.12. The third-order valence-electron chi connectivity index (χ3n) is 6.50. The first-order chi connectivity index (χ1) is 18.6. The maximum Gasteiger partial charge on any atom is 0.222 e. The van der Waals surface area contributed by atoms with Crippen LogP contribution in [0.2, 0.25) is 0 Å². The van der Waals surface area contributed by atoms with Crippen molar-refractivity contribution in [3.05, 3.63) is 42.2 Å². The molecule has 39 heavy (non-hydrogen) atoms. The van der Waals surface area contributed by atoms with E-state index in [1.54, 1.807) is 18.3 Å². The van der Waals surface area contributed by atoms with E-state index in [4.69, 9.17) is 14.5 Å². The number of morpholine rings is 1. The van der Waals surface area contributed by atoms with Crippen LogP contribution in [0.5, 0.6) is 5.75 Å². The second-order valence-corrected chi connectivity index (χ2v) is 11.9. The zero-order valence-electron chi connectivity index (χ0n) is 22.4. The Hall–Kier alpha value is -3.77. The van der Waals surface area contributed by atoms with Crippen LogP contribution in [0.3, 0.4) is 0 Å². The van der Waals surface area contributed by atoms with Crippen molar-refractivity contribution >= 4 is 38.8 Å².